The maximum Gasteiger partial charge on any atom is 0.243 e. The lowest BCUT2D eigenvalue weighted by Gasteiger charge is -2.26. The third-order valence-corrected chi connectivity index (χ3v) is 7.00. The molecule has 1 amide bonds. The van der Waals surface area contributed by atoms with E-state index in [4.69, 9.17) is 9.47 Å². The standard InChI is InChI=1S/C22H26N6O5S/c1-16(2)33-21-8-7-19(34(30,31)27-9-11-32-12-10-27)14-20(21)24-22(29)13-17-3-5-18(6-4-17)28-15-23-25-26-28/h3-8,14-16H,9-13H2,1-2H3,(H,24,29). The lowest BCUT2D eigenvalue weighted by molar-refractivity contribution is -0.115. The number of rotatable bonds is 8. The monoisotopic (exact) mass is 486 g/mol. The third kappa shape index (κ3) is 5.58. The van der Waals surface area contributed by atoms with E-state index >= 15 is 0 Å². The van der Waals surface area contributed by atoms with Crippen molar-refractivity contribution in [3.05, 3.63) is 54.4 Å². The Morgan fingerprint density at radius 3 is 2.53 bits per heavy atom. The zero-order valence-electron chi connectivity index (χ0n) is 18.9. The van der Waals surface area contributed by atoms with E-state index in [2.05, 4.69) is 20.8 Å². The molecule has 1 saturated heterocycles. The van der Waals surface area contributed by atoms with Crippen LogP contribution in [-0.2, 0) is 26.0 Å². The van der Waals surface area contributed by atoms with Crippen LogP contribution < -0.4 is 10.1 Å². The van der Waals surface area contributed by atoms with Crippen LogP contribution in [0.4, 0.5) is 5.69 Å². The van der Waals surface area contributed by atoms with Crippen molar-refractivity contribution >= 4 is 21.6 Å². The summed E-state index contributed by atoms with van der Waals surface area (Å²) < 4.78 is 40.1. The molecule has 34 heavy (non-hydrogen) atoms. The SMILES string of the molecule is CC(C)Oc1ccc(S(=O)(=O)N2CCOCC2)cc1NC(=O)Cc1ccc(-n2cnnn2)cc1. The Morgan fingerprint density at radius 2 is 1.88 bits per heavy atom. The van der Waals surface area contributed by atoms with Crippen molar-refractivity contribution < 1.29 is 22.7 Å². The molecule has 180 valence electrons. The number of hydrogen-bond donors (Lipinski definition) is 1. The summed E-state index contributed by atoms with van der Waals surface area (Å²) >= 11 is 0. The van der Waals surface area contributed by atoms with Crippen LogP contribution in [0.5, 0.6) is 5.75 Å². The summed E-state index contributed by atoms with van der Waals surface area (Å²) in [6, 6.07) is 11.7. The van der Waals surface area contributed by atoms with Gasteiger partial charge in [0.15, 0.2) is 0 Å². The van der Waals surface area contributed by atoms with Crippen molar-refractivity contribution in [1.29, 1.82) is 0 Å². The Labute approximate surface area is 197 Å². The fraction of sp³-hybridized carbons (Fsp3) is 0.364. The minimum Gasteiger partial charge on any atom is -0.489 e. The second kappa shape index (κ2) is 10.3. The van der Waals surface area contributed by atoms with Crippen molar-refractivity contribution in [3.63, 3.8) is 0 Å². The van der Waals surface area contributed by atoms with Crippen LogP contribution in [0.15, 0.2) is 53.7 Å². The molecular formula is C22H26N6O5S. The molecule has 1 aliphatic heterocycles. The average Bonchev–Trinajstić information content (AvgIpc) is 3.36. The van der Waals surface area contributed by atoms with Crippen LogP contribution in [0.3, 0.4) is 0 Å². The molecule has 4 rings (SSSR count). The summed E-state index contributed by atoms with van der Waals surface area (Å²) in [5.41, 5.74) is 1.85. The summed E-state index contributed by atoms with van der Waals surface area (Å²) in [5, 5.41) is 13.9. The van der Waals surface area contributed by atoms with Gasteiger partial charge < -0.3 is 14.8 Å². The molecule has 2 heterocycles. The van der Waals surface area contributed by atoms with Crippen molar-refractivity contribution in [2.45, 2.75) is 31.3 Å². The van der Waals surface area contributed by atoms with Gasteiger partial charge in [0, 0.05) is 13.1 Å². The normalized spacial score (nSPS) is 14.8. The number of carbonyl (C=O) groups excluding carboxylic acids is 1. The Bertz CT molecular complexity index is 1220. The summed E-state index contributed by atoms with van der Waals surface area (Å²) in [6.07, 6.45) is 1.42. The van der Waals surface area contributed by atoms with E-state index in [9.17, 15) is 13.2 Å². The van der Waals surface area contributed by atoms with E-state index in [0.29, 0.717) is 24.7 Å². The summed E-state index contributed by atoms with van der Waals surface area (Å²) in [7, 11) is -3.72. The first-order chi connectivity index (χ1) is 16.3. The largest absolute Gasteiger partial charge is 0.489 e. The average molecular weight is 487 g/mol. The maximum absolute atomic E-state index is 13.1. The van der Waals surface area contributed by atoms with E-state index in [1.165, 1.54) is 27.4 Å². The first-order valence-corrected chi connectivity index (χ1v) is 12.3. The fourth-order valence-electron chi connectivity index (χ4n) is 3.49. The van der Waals surface area contributed by atoms with E-state index in [1.807, 2.05) is 26.0 Å². The van der Waals surface area contributed by atoms with E-state index in [-0.39, 0.29) is 36.4 Å². The van der Waals surface area contributed by atoms with Gasteiger partial charge in [0.1, 0.15) is 12.1 Å². The molecule has 12 heteroatoms. The number of tetrazole rings is 1. The van der Waals surface area contributed by atoms with Crippen LogP contribution in [0, 0.1) is 0 Å². The number of carbonyl (C=O) groups is 1. The number of anilines is 1. The van der Waals surface area contributed by atoms with Crippen LogP contribution >= 0.6 is 0 Å². The Balaban J connectivity index is 1.52. The molecule has 1 N–H and O–H groups in total. The lowest BCUT2D eigenvalue weighted by atomic mass is 10.1. The zero-order valence-corrected chi connectivity index (χ0v) is 19.7. The smallest absolute Gasteiger partial charge is 0.243 e. The van der Waals surface area contributed by atoms with E-state index in [1.54, 1.807) is 18.2 Å². The fourth-order valence-corrected chi connectivity index (χ4v) is 4.92. The predicted molar refractivity (Wildman–Crippen MR) is 123 cm³/mol. The van der Waals surface area contributed by atoms with Gasteiger partial charge in [-0.25, -0.2) is 13.1 Å². The Morgan fingerprint density at radius 1 is 1.15 bits per heavy atom. The highest BCUT2D eigenvalue weighted by atomic mass is 32.2. The molecule has 0 saturated carbocycles. The summed E-state index contributed by atoms with van der Waals surface area (Å²) in [4.78, 5) is 12.9. The summed E-state index contributed by atoms with van der Waals surface area (Å²) in [5.74, 6) is 0.100. The van der Waals surface area contributed by atoms with Gasteiger partial charge in [-0.15, -0.1) is 5.10 Å². The van der Waals surface area contributed by atoms with Gasteiger partial charge in [0.2, 0.25) is 15.9 Å². The quantitative estimate of drug-likeness (QED) is 0.509. The molecule has 1 fully saturated rings. The first-order valence-electron chi connectivity index (χ1n) is 10.8. The highest BCUT2D eigenvalue weighted by Gasteiger charge is 2.27. The van der Waals surface area contributed by atoms with E-state index < -0.39 is 10.0 Å². The van der Waals surface area contributed by atoms with Crippen LogP contribution in [0.2, 0.25) is 0 Å². The molecule has 0 spiro atoms. The minimum atomic E-state index is -3.72. The Hall–Kier alpha value is -3.35. The van der Waals surface area contributed by atoms with E-state index in [0.717, 1.165) is 11.3 Å². The first kappa shape index (κ1) is 23.8. The van der Waals surface area contributed by atoms with Gasteiger partial charge >= 0.3 is 0 Å². The third-order valence-electron chi connectivity index (χ3n) is 5.11. The number of ether oxygens (including phenoxy) is 2. The van der Waals surface area contributed by atoms with Gasteiger partial charge in [-0.3, -0.25) is 4.79 Å². The highest BCUT2D eigenvalue weighted by Crippen LogP contribution is 2.30. The second-order valence-electron chi connectivity index (χ2n) is 7.99. The number of morpholine rings is 1. The number of aromatic nitrogens is 4. The predicted octanol–water partition coefficient (Wildman–Crippen LogP) is 1.65. The molecule has 1 aromatic heterocycles. The van der Waals surface area contributed by atoms with Crippen LogP contribution in [0.1, 0.15) is 19.4 Å². The van der Waals surface area contributed by atoms with Gasteiger partial charge in [0.25, 0.3) is 0 Å². The maximum atomic E-state index is 13.1. The lowest BCUT2D eigenvalue weighted by Crippen LogP contribution is -2.40. The van der Waals surface area contributed by atoms with Crippen LogP contribution in [0.25, 0.3) is 5.69 Å². The van der Waals surface area contributed by atoms with Gasteiger partial charge in [-0.05, 0) is 60.2 Å². The minimum absolute atomic E-state index is 0.0894. The zero-order chi connectivity index (χ0) is 24.1. The molecule has 0 bridgehead atoms. The second-order valence-corrected chi connectivity index (χ2v) is 9.92. The Kier molecular flexibility index (Phi) is 7.20. The molecule has 0 aliphatic carbocycles. The molecule has 0 atom stereocenters. The van der Waals surface area contributed by atoms with Crippen molar-refractivity contribution in [1.82, 2.24) is 24.5 Å². The number of nitrogens with one attached hydrogen (secondary N) is 1. The van der Waals surface area contributed by atoms with Crippen molar-refractivity contribution in [2.24, 2.45) is 0 Å². The number of nitrogens with zero attached hydrogens (tertiary/aromatic N) is 5. The number of benzene rings is 2. The number of sulfonamides is 1. The number of hydrogen-bond acceptors (Lipinski definition) is 8. The molecule has 11 nitrogen and oxygen atoms in total. The molecule has 2 aromatic carbocycles. The molecule has 3 aromatic rings. The molecule has 1 aliphatic rings. The number of amides is 1. The summed E-state index contributed by atoms with van der Waals surface area (Å²) in [6.45, 7) is 4.99. The van der Waals surface area contributed by atoms with Crippen molar-refractivity contribution in [3.8, 4) is 11.4 Å². The van der Waals surface area contributed by atoms with Crippen LogP contribution in [-0.4, -0.2) is 71.2 Å². The molecule has 0 radical (unpaired) electrons. The molecule has 0 unspecified atom stereocenters. The van der Waals surface area contributed by atoms with Crippen molar-refractivity contribution in [2.75, 3.05) is 31.6 Å². The van der Waals surface area contributed by atoms with Gasteiger partial charge in [-0.2, -0.15) is 4.31 Å². The highest BCUT2D eigenvalue weighted by molar-refractivity contribution is 7.89. The van der Waals surface area contributed by atoms with Gasteiger partial charge in [0.05, 0.1) is 42.0 Å². The van der Waals surface area contributed by atoms with Gasteiger partial charge in [-0.1, -0.05) is 12.1 Å². The molecular weight excluding hydrogens is 460 g/mol. The topological polar surface area (TPSA) is 129 Å².